The molecule has 2 fully saturated rings. The number of alkyl halides is 3. The predicted molar refractivity (Wildman–Crippen MR) is 91.0 cm³/mol. The Morgan fingerprint density at radius 2 is 1.79 bits per heavy atom. The number of piperidine rings is 1. The normalized spacial score (nSPS) is 28.2. The molecule has 1 N–H and O–H groups in total. The molecule has 0 spiro atoms. The summed E-state index contributed by atoms with van der Waals surface area (Å²) in [5.74, 6) is -1.48. The molecule has 2 bridgehead atoms. The number of morpholine rings is 1. The smallest absolute Gasteiger partial charge is 0.419 e. The summed E-state index contributed by atoms with van der Waals surface area (Å²) in [6.07, 6.45) is -5.76. The van der Waals surface area contributed by atoms with E-state index in [1.165, 1.54) is 4.90 Å². The molecule has 0 radical (unpaired) electrons. The monoisotopic (exact) mass is 405 g/mol. The molecule has 3 rings (SSSR count). The molecule has 1 aromatic carbocycles. The molecule has 0 saturated carbocycles. The Labute approximate surface area is 160 Å². The lowest BCUT2D eigenvalue weighted by Gasteiger charge is -2.51. The highest BCUT2D eigenvalue weighted by Crippen LogP contribution is 2.44. The van der Waals surface area contributed by atoms with Crippen molar-refractivity contribution in [2.45, 2.75) is 63.1 Å². The maximum absolute atomic E-state index is 14.6. The van der Waals surface area contributed by atoms with Crippen LogP contribution in [0, 0.1) is 5.82 Å². The van der Waals surface area contributed by atoms with Crippen LogP contribution >= 0.6 is 0 Å². The van der Waals surface area contributed by atoms with Crippen LogP contribution in [-0.2, 0) is 21.3 Å². The number of amides is 1. The van der Waals surface area contributed by atoms with Crippen molar-refractivity contribution in [3.8, 4) is 0 Å². The van der Waals surface area contributed by atoms with Crippen molar-refractivity contribution in [1.29, 1.82) is 0 Å². The average Bonchev–Trinajstić information content (AvgIpc) is 2.51. The van der Waals surface area contributed by atoms with E-state index < -0.39 is 52.5 Å². The zero-order chi connectivity index (χ0) is 20.9. The molecule has 1 amide bonds. The second kappa shape index (κ2) is 6.88. The van der Waals surface area contributed by atoms with Gasteiger partial charge in [-0.2, -0.15) is 13.2 Å². The maximum Gasteiger partial charge on any atom is 0.419 e. The van der Waals surface area contributed by atoms with Gasteiger partial charge in [0.25, 0.3) is 0 Å². The van der Waals surface area contributed by atoms with Crippen LogP contribution < -0.4 is 0 Å². The van der Waals surface area contributed by atoms with E-state index in [-0.39, 0.29) is 26.1 Å². The molecule has 9 heteroatoms. The number of carbonyl (C=O) groups is 1. The van der Waals surface area contributed by atoms with Crippen LogP contribution in [0.4, 0.5) is 22.4 Å². The van der Waals surface area contributed by atoms with Crippen molar-refractivity contribution in [3.05, 3.63) is 35.1 Å². The fourth-order valence-electron chi connectivity index (χ4n) is 3.92. The first-order chi connectivity index (χ1) is 12.8. The van der Waals surface area contributed by atoms with Gasteiger partial charge in [-0.25, -0.2) is 9.18 Å². The number of halogens is 4. The van der Waals surface area contributed by atoms with Crippen LogP contribution in [0.5, 0.6) is 0 Å². The molecule has 1 aromatic rings. The van der Waals surface area contributed by atoms with Crippen molar-refractivity contribution in [2.75, 3.05) is 13.2 Å². The number of rotatable bonds is 1. The van der Waals surface area contributed by atoms with Crippen LogP contribution in [0.2, 0.25) is 0 Å². The number of hydrogen-bond acceptors (Lipinski definition) is 4. The second-order valence-electron chi connectivity index (χ2n) is 8.34. The van der Waals surface area contributed by atoms with Gasteiger partial charge >= 0.3 is 12.3 Å². The topological polar surface area (TPSA) is 59.0 Å². The molecule has 28 heavy (non-hydrogen) atoms. The highest BCUT2D eigenvalue weighted by molar-refractivity contribution is 5.69. The molecule has 5 nitrogen and oxygen atoms in total. The molecule has 156 valence electrons. The van der Waals surface area contributed by atoms with E-state index in [0.29, 0.717) is 6.07 Å². The minimum atomic E-state index is -4.87. The molecule has 2 aliphatic heterocycles. The largest absolute Gasteiger partial charge is 0.444 e. The quantitative estimate of drug-likeness (QED) is 0.722. The van der Waals surface area contributed by atoms with Crippen LogP contribution in [0.3, 0.4) is 0 Å². The molecule has 2 aliphatic rings. The number of fused-ring (bicyclic) bond motifs is 2. The fraction of sp³-hybridized carbons (Fsp3) is 0.632. The van der Waals surface area contributed by atoms with E-state index in [4.69, 9.17) is 9.47 Å². The summed E-state index contributed by atoms with van der Waals surface area (Å²) in [6.45, 7) is 5.32. The van der Waals surface area contributed by atoms with E-state index in [9.17, 15) is 27.5 Å². The standard InChI is InChI=1S/C19H23F4NO4/c1-17(2,3)28-16(25)24-11-7-18(26,8-12(24)10-27-9-11)13-5-4-6-14(15(13)20)19(21,22)23/h4-6,11-12,26H,7-10H2,1-3H3. The molecule has 0 aliphatic carbocycles. The van der Waals surface area contributed by atoms with Crippen LogP contribution in [-0.4, -0.2) is 47.0 Å². The number of carbonyl (C=O) groups excluding carboxylic acids is 1. The number of ether oxygens (including phenoxy) is 2. The number of hydrogen-bond donors (Lipinski definition) is 1. The van der Waals surface area contributed by atoms with Crippen molar-refractivity contribution < 1.29 is 36.9 Å². The van der Waals surface area contributed by atoms with Crippen molar-refractivity contribution in [1.82, 2.24) is 4.90 Å². The first-order valence-electron chi connectivity index (χ1n) is 8.99. The average molecular weight is 405 g/mol. The van der Waals surface area contributed by atoms with Gasteiger partial charge in [-0.1, -0.05) is 12.1 Å². The maximum atomic E-state index is 14.6. The van der Waals surface area contributed by atoms with Crippen molar-refractivity contribution in [3.63, 3.8) is 0 Å². The van der Waals surface area contributed by atoms with Gasteiger partial charge in [0.15, 0.2) is 0 Å². The van der Waals surface area contributed by atoms with Crippen molar-refractivity contribution >= 4 is 6.09 Å². The summed E-state index contributed by atoms with van der Waals surface area (Å²) < 4.78 is 64.7. The highest BCUT2D eigenvalue weighted by Gasteiger charge is 2.51. The van der Waals surface area contributed by atoms with Crippen LogP contribution in [0.1, 0.15) is 44.7 Å². The Bertz CT molecular complexity index is 745. The summed E-state index contributed by atoms with van der Waals surface area (Å²) >= 11 is 0. The fourth-order valence-corrected chi connectivity index (χ4v) is 3.92. The summed E-state index contributed by atoms with van der Waals surface area (Å²) in [4.78, 5) is 14.0. The van der Waals surface area contributed by atoms with Gasteiger partial charge in [0.2, 0.25) is 0 Å². The molecule has 2 heterocycles. The SMILES string of the molecule is CC(C)(C)OC(=O)N1C2COCC1CC(O)(c1cccc(C(F)(F)F)c1F)C2. The highest BCUT2D eigenvalue weighted by atomic mass is 19.4. The molecule has 2 unspecified atom stereocenters. The third-order valence-corrected chi connectivity index (χ3v) is 4.96. The van der Waals surface area contributed by atoms with E-state index in [0.717, 1.165) is 12.1 Å². The third kappa shape index (κ3) is 3.96. The summed E-state index contributed by atoms with van der Waals surface area (Å²) in [7, 11) is 0. The van der Waals surface area contributed by atoms with Gasteiger partial charge in [-0.15, -0.1) is 0 Å². The molecule has 2 atom stereocenters. The Kier molecular flexibility index (Phi) is 5.12. The van der Waals surface area contributed by atoms with Gasteiger partial charge < -0.3 is 14.6 Å². The van der Waals surface area contributed by atoms with Gasteiger partial charge in [-0.3, -0.25) is 4.90 Å². The van der Waals surface area contributed by atoms with Crippen LogP contribution in [0.25, 0.3) is 0 Å². The minimum absolute atomic E-state index is 0.0820. The Morgan fingerprint density at radius 3 is 2.29 bits per heavy atom. The number of benzene rings is 1. The predicted octanol–water partition coefficient (Wildman–Crippen LogP) is 3.83. The van der Waals surface area contributed by atoms with Crippen LogP contribution in [0.15, 0.2) is 18.2 Å². The molecular weight excluding hydrogens is 382 g/mol. The van der Waals surface area contributed by atoms with Crippen molar-refractivity contribution in [2.24, 2.45) is 0 Å². The first-order valence-corrected chi connectivity index (χ1v) is 8.99. The minimum Gasteiger partial charge on any atom is -0.444 e. The van der Waals surface area contributed by atoms with E-state index in [1.54, 1.807) is 20.8 Å². The van der Waals surface area contributed by atoms with Gasteiger partial charge in [0.1, 0.15) is 11.4 Å². The Hall–Kier alpha value is -1.87. The summed E-state index contributed by atoms with van der Waals surface area (Å²) in [5.41, 5.74) is -4.41. The van der Waals surface area contributed by atoms with E-state index >= 15 is 0 Å². The van der Waals surface area contributed by atoms with Gasteiger partial charge in [-0.05, 0) is 26.8 Å². The van der Waals surface area contributed by atoms with E-state index in [1.807, 2.05) is 0 Å². The summed E-state index contributed by atoms with van der Waals surface area (Å²) in [5, 5.41) is 11.1. The summed E-state index contributed by atoms with van der Waals surface area (Å²) in [6, 6.07) is 1.60. The first kappa shape index (κ1) is 20.9. The zero-order valence-electron chi connectivity index (χ0n) is 15.8. The molecular formula is C19H23F4NO4. The number of aliphatic hydroxyl groups is 1. The Morgan fingerprint density at radius 1 is 1.21 bits per heavy atom. The van der Waals surface area contributed by atoms with Gasteiger partial charge in [0.05, 0.1) is 36.5 Å². The molecule has 2 saturated heterocycles. The second-order valence-corrected chi connectivity index (χ2v) is 8.34. The van der Waals surface area contributed by atoms with E-state index in [2.05, 4.69) is 0 Å². The third-order valence-electron chi connectivity index (χ3n) is 4.96. The lowest BCUT2D eigenvalue weighted by atomic mass is 9.76. The number of nitrogens with zero attached hydrogens (tertiary/aromatic N) is 1. The lowest BCUT2D eigenvalue weighted by Crippen LogP contribution is -2.63. The lowest BCUT2D eigenvalue weighted by molar-refractivity contribution is -0.145. The zero-order valence-corrected chi connectivity index (χ0v) is 15.8. The Balaban J connectivity index is 1.92. The molecule has 0 aromatic heterocycles. The van der Waals surface area contributed by atoms with Gasteiger partial charge in [0, 0.05) is 18.4 Å².